The second-order valence-electron chi connectivity index (χ2n) is 6.46. The van der Waals surface area contributed by atoms with E-state index in [-0.39, 0.29) is 5.54 Å². The zero-order valence-corrected chi connectivity index (χ0v) is 14.4. The normalized spacial score (nSPS) is 15.6. The van der Waals surface area contributed by atoms with E-state index >= 15 is 0 Å². The summed E-state index contributed by atoms with van der Waals surface area (Å²) in [5.41, 5.74) is 1.28. The summed E-state index contributed by atoms with van der Waals surface area (Å²) in [5, 5.41) is 18.3. The monoisotopic (exact) mass is 331 g/mol. The van der Waals surface area contributed by atoms with Gasteiger partial charge in [0.25, 0.3) is 0 Å². The van der Waals surface area contributed by atoms with Crippen LogP contribution in [0.1, 0.15) is 46.0 Å². The van der Waals surface area contributed by atoms with Gasteiger partial charge >= 0.3 is 0 Å². The number of halogens is 1. The third-order valence-corrected chi connectivity index (χ3v) is 3.97. The highest BCUT2D eigenvalue weighted by Crippen LogP contribution is 2.25. The molecule has 2 N–H and O–H groups in total. The van der Waals surface area contributed by atoms with Crippen molar-refractivity contribution in [1.82, 2.24) is 15.1 Å². The predicted molar refractivity (Wildman–Crippen MR) is 82.4 cm³/mol. The highest BCUT2D eigenvalue weighted by molar-refractivity contribution is 9.10. The van der Waals surface area contributed by atoms with Crippen LogP contribution < -0.4 is 5.32 Å². The number of β-amino-alcohol motifs (C(OH)–C–C–N with tert-alkyl or cyclic N) is 1. The number of nitrogens with zero attached hydrogens (tertiary/aromatic N) is 2. The Kier molecular flexibility index (Phi) is 5.21. The van der Waals surface area contributed by atoms with E-state index in [9.17, 15) is 5.11 Å². The molecule has 0 bridgehead atoms. The molecule has 0 saturated heterocycles. The Hall–Kier alpha value is -0.390. The SMILES string of the molecule is CCc1nn(C)c(CC(C)(O)CNC(C)(C)C)c1Br. The molecule has 5 heteroatoms. The van der Waals surface area contributed by atoms with Gasteiger partial charge in [-0.05, 0) is 50.0 Å². The molecule has 1 atom stereocenters. The van der Waals surface area contributed by atoms with Crippen molar-refractivity contribution in [3.05, 3.63) is 15.9 Å². The quantitative estimate of drug-likeness (QED) is 0.871. The van der Waals surface area contributed by atoms with Crippen molar-refractivity contribution in [1.29, 1.82) is 0 Å². The van der Waals surface area contributed by atoms with Crippen molar-refractivity contribution in [2.75, 3.05) is 6.54 Å². The second-order valence-corrected chi connectivity index (χ2v) is 7.25. The Labute approximate surface area is 124 Å². The molecule has 4 nitrogen and oxygen atoms in total. The first-order chi connectivity index (χ1) is 8.56. The second kappa shape index (κ2) is 5.94. The molecule has 0 radical (unpaired) electrons. The van der Waals surface area contributed by atoms with Gasteiger partial charge in [0, 0.05) is 25.6 Å². The molecule has 0 fully saturated rings. The van der Waals surface area contributed by atoms with Crippen molar-refractivity contribution in [3.8, 4) is 0 Å². The van der Waals surface area contributed by atoms with Gasteiger partial charge in [-0.15, -0.1) is 0 Å². The molecule has 0 aliphatic carbocycles. The summed E-state index contributed by atoms with van der Waals surface area (Å²) in [5.74, 6) is 0. The van der Waals surface area contributed by atoms with Gasteiger partial charge in [0.1, 0.15) is 0 Å². The van der Waals surface area contributed by atoms with Crippen LogP contribution in [0.3, 0.4) is 0 Å². The summed E-state index contributed by atoms with van der Waals surface area (Å²) < 4.78 is 2.88. The number of hydrogen-bond acceptors (Lipinski definition) is 3. The van der Waals surface area contributed by atoms with E-state index in [2.05, 4.69) is 54.0 Å². The van der Waals surface area contributed by atoms with E-state index in [0.29, 0.717) is 13.0 Å². The molecule has 1 aromatic heterocycles. The van der Waals surface area contributed by atoms with Crippen molar-refractivity contribution in [3.63, 3.8) is 0 Å². The summed E-state index contributed by atoms with van der Waals surface area (Å²) in [7, 11) is 1.92. The molecule has 1 unspecified atom stereocenters. The van der Waals surface area contributed by atoms with E-state index in [1.54, 1.807) is 0 Å². The molecule has 0 amide bonds. The van der Waals surface area contributed by atoms with Gasteiger partial charge < -0.3 is 10.4 Å². The lowest BCUT2D eigenvalue weighted by molar-refractivity contribution is 0.0515. The van der Waals surface area contributed by atoms with Crippen LogP contribution in [0.4, 0.5) is 0 Å². The summed E-state index contributed by atoms with van der Waals surface area (Å²) >= 11 is 3.59. The van der Waals surface area contributed by atoms with Crippen LogP contribution in [0.15, 0.2) is 4.47 Å². The van der Waals surface area contributed by atoms with Gasteiger partial charge in [-0.1, -0.05) is 6.92 Å². The van der Waals surface area contributed by atoms with E-state index < -0.39 is 5.60 Å². The highest BCUT2D eigenvalue weighted by atomic mass is 79.9. The smallest absolute Gasteiger partial charge is 0.0799 e. The summed E-state index contributed by atoms with van der Waals surface area (Å²) in [6.45, 7) is 10.8. The Balaban J connectivity index is 2.80. The number of hydrogen-bond donors (Lipinski definition) is 2. The van der Waals surface area contributed by atoms with Gasteiger partial charge in [-0.3, -0.25) is 4.68 Å². The van der Waals surface area contributed by atoms with Crippen molar-refractivity contribution < 1.29 is 5.11 Å². The van der Waals surface area contributed by atoms with E-state index in [1.165, 1.54) is 0 Å². The van der Waals surface area contributed by atoms with Crippen LogP contribution in [0.25, 0.3) is 0 Å². The number of rotatable bonds is 5. The third-order valence-electron chi connectivity index (χ3n) is 3.05. The van der Waals surface area contributed by atoms with Crippen LogP contribution in [-0.2, 0) is 19.9 Å². The number of aromatic nitrogens is 2. The number of nitrogens with one attached hydrogen (secondary N) is 1. The topological polar surface area (TPSA) is 50.1 Å². The molecule has 0 aliphatic heterocycles. The van der Waals surface area contributed by atoms with Crippen LogP contribution in [0.2, 0.25) is 0 Å². The number of aliphatic hydroxyl groups is 1. The maximum atomic E-state index is 10.5. The Bertz CT molecular complexity index is 433. The first-order valence-electron chi connectivity index (χ1n) is 6.73. The van der Waals surface area contributed by atoms with E-state index in [1.807, 2.05) is 18.7 Å². The van der Waals surface area contributed by atoms with E-state index in [0.717, 1.165) is 22.3 Å². The van der Waals surface area contributed by atoms with Gasteiger partial charge in [0.2, 0.25) is 0 Å². The lowest BCUT2D eigenvalue weighted by Crippen LogP contribution is -2.47. The minimum Gasteiger partial charge on any atom is -0.388 e. The summed E-state index contributed by atoms with van der Waals surface area (Å²) in [6, 6.07) is 0. The summed E-state index contributed by atoms with van der Waals surface area (Å²) in [6.07, 6.45) is 1.46. The standard InChI is InChI=1S/C14H26BrN3O/c1-7-10-12(15)11(18(6)17-10)8-14(5,19)9-16-13(2,3)4/h16,19H,7-9H2,1-6H3. The largest absolute Gasteiger partial charge is 0.388 e. The van der Waals surface area contributed by atoms with Crippen molar-refractivity contribution >= 4 is 15.9 Å². The molecule has 19 heavy (non-hydrogen) atoms. The van der Waals surface area contributed by atoms with E-state index in [4.69, 9.17) is 0 Å². The third kappa shape index (κ3) is 4.89. The molecular weight excluding hydrogens is 306 g/mol. The minimum atomic E-state index is -0.797. The zero-order chi connectivity index (χ0) is 14.8. The van der Waals surface area contributed by atoms with Crippen LogP contribution in [0, 0.1) is 0 Å². The molecule has 0 aromatic carbocycles. The average Bonchev–Trinajstić information content (AvgIpc) is 2.53. The van der Waals surface area contributed by atoms with Gasteiger partial charge in [0.15, 0.2) is 0 Å². The van der Waals surface area contributed by atoms with Crippen LogP contribution >= 0.6 is 15.9 Å². The van der Waals surface area contributed by atoms with Crippen molar-refractivity contribution in [2.24, 2.45) is 7.05 Å². The fourth-order valence-electron chi connectivity index (χ4n) is 1.89. The molecule has 1 rings (SSSR count). The lowest BCUT2D eigenvalue weighted by atomic mass is 9.98. The predicted octanol–water partition coefficient (Wildman–Crippen LogP) is 2.43. The van der Waals surface area contributed by atoms with Gasteiger partial charge in [-0.2, -0.15) is 5.10 Å². The van der Waals surface area contributed by atoms with Gasteiger partial charge in [-0.25, -0.2) is 0 Å². The molecule has 1 aromatic rings. The van der Waals surface area contributed by atoms with Crippen LogP contribution in [-0.4, -0.2) is 32.6 Å². The first kappa shape index (κ1) is 16.7. The highest BCUT2D eigenvalue weighted by Gasteiger charge is 2.27. The minimum absolute atomic E-state index is 0.00224. The Morgan fingerprint density at radius 3 is 2.32 bits per heavy atom. The van der Waals surface area contributed by atoms with Gasteiger partial charge in [0.05, 0.1) is 21.5 Å². The van der Waals surface area contributed by atoms with Crippen molar-refractivity contribution in [2.45, 2.75) is 58.6 Å². The molecule has 0 spiro atoms. The zero-order valence-electron chi connectivity index (χ0n) is 12.8. The van der Waals surface area contributed by atoms with Crippen LogP contribution in [0.5, 0.6) is 0 Å². The maximum Gasteiger partial charge on any atom is 0.0799 e. The fourth-order valence-corrected chi connectivity index (χ4v) is 2.65. The Morgan fingerprint density at radius 1 is 1.32 bits per heavy atom. The summed E-state index contributed by atoms with van der Waals surface area (Å²) in [4.78, 5) is 0. The number of aryl methyl sites for hydroxylation is 2. The first-order valence-corrected chi connectivity index (χ1v) is 7.52. The molecular formula is C14H26BrN3O. The maximum absolute atomic E-state index is 10.5. The average molecular weight is 332 g/mol. The molecule has 0 aliphatic rings. The molecule has 0 saturated carbocycles. The molecule has 110 valence electrons. The fraction of sp³-hybridized carbons (Fsp3) is 0.786. The lowest BCUT2D eigenvalue weighted by Gasteiger charge is -2.29. The Morgan fingerprint density at radius 2 is 1.89 bits per heavy atom. The molecule has 1 heterocycles.